The molecular formula is C16H12N7NaO5S3. The SMILES string of the molecule is Nc1nc(/C(=N/O)C(=O)NC2C(=O)N3C(C(=O)[O-])=C(/C=C\c4cnns4)CS[C@H]23)cs1.[Na+]. The molecular weight excluding hydrogens is 489 g/mol. The molecule has 12 nitrogen and oxygen atoms in total. The number of oxime groups is 1. The Morgan fingerprint density at radius 1 is 1.41 bits per heavy atom. The summed E-state index contributed by atoms with van der Waals surface area (Å²) in [7, 11) is 0. The van der Waals surface area contributed by atoms with Gasteiger partial charge in [0.05, 0.1) is 22.7 Å². The van der Waals surface area contributed by atoms with Crippen LogP contribution >= 0.6 is 34.6 Å². The Bertz CT molecular complexity index is 1150. The van der Waals surface area contributed by atoms with Crippen molar-refractivity contribution in [3.05, 3.63) is 39.5 Å². The number of nitrogen functional groups attached to an aromatic ring is 1. The monoisotopic (exact) mass is 501 g/mol. The third kappa shape index (κ3) is 4.57. The smallest absolute Gasteiger partial charge is 0.543 e. The number of aliphatic carboxylic acids is 1. The normalized spacial score (nSPS) is 20.6. The first-order chi connectivity index (χ1) is 14.9. The van der Waals surface area contributed by atoms with E-state index in [1.807, 2.05) is 0 Å². The molecule has 2 amide bonds. The van der Waals surface area contributed by atoms with Crippen LogP contribution in [0, 0.1) is 0 Å². The molecule has 2 aliphatic heterocycles. The summed E-state index contributed by atoms with van der Waals surface area (Å²) in [5, 5.41) is 31.0. The minimum atomic E-state index is -1.50. The number of nitrogens with two attached hydrogens (primary N) is 1. The van der Waals surface area contributed by atoms with Crippen molar-refractivity contribution in [3.8, 4) is 0 Å². The predicted molar refractivity (Wildman–Crippen MR) is 111 cm³/mol. The number of carboxylic acids is 1. The van der Waals surface area contributed by atoms with E-state index in [0.717, 1.165) is 32.6 Å². The van der Waals surface area contributed by atoms with Gasteiger partial charge in [-0.2, -0.15) is 0 Å². The summed E-state index contributed by atoms with van der Waals surface area (Å²) in [4.78, 5) is 42.6. The van der Waals surface area contributed by atoms with E-state index in [2.05, 4.69) is 25.0 Å². The third-order valence-corrected chi connectivity index (χ3v) is 6.99. The van der Waals surface area contributed by atoms with Crippen LogP contribution in [0.5, 0.6) is 0 Å². The number of aromatic nitrogens is 3. The zero-order chi connectivity index (χ0) is 22.1. The largest absolute Gasteiger partial charge is 1.00 e. The fourth-order valence-electron chi connectivity index (χ4n) is 3.01. The van der Waals surface area contributed by atoms with Crippen molar-refractivity contribution < 1.29 is 54.3 Å². The second-order valence-corrected chi connectivity index (χ2v) is 9.01. The number of carbonyl (C=O) groups excluding carboxylic acids is 3. The predicted octanol–water partition coefficient (Wildman–Crippen LogP) is -4.12. The van der Waals surface area contributed by atoms with Gasteiger partial charge < -0.3 is 26.2 Å². The molecule has 0 aliphatic carbocycles. The van der Waals surface area contributed by atoms with Gasteiger partial charge in [0.1, 0.15) is 17.1 Å². The van der Waals surface area contributed by atoms with Gasteiger partial charge in [0.25, 0.3) is 11.8 Å². The molecule has 0 radical (unpaired) electrons. The number of hydrogen-bond donors (Lipinski definition) is 3. The van der Waals surface area contributed by atoms with Crippen LogP contribution < -0.4 is 45.7 Å². The summed E-state index contributed by atoms with van der Waals surface area (Å²) in [6.45, 7) is 0. The molecule has 2 aromatic rings. The van der Waals surface area contributed by atoms with E-state index in [-0.39, 0.29) is 51.8 Å². The summed E-state index contributed by atoms with van der Waals surface area (Å²) >= 11 is 3.47. The van der Waals surface area contributed by atoms with Gasteiger partial charge in [-0.3, -0.25) is 14.5 Å². The minimum Gasteiger partial charge on any atom is -0.543 e. The van der Waals surface area contributed by atoms with Crippen molar-refractivity contribution in [1.82, 2.24) is 24.8 Å². The molecule has 2 atom stereocenters. The third-order valence-electron chi connectivity index (χ3n) is 4.38. The number of carboxylic acid groups (broad SMARTS) is 1. The second-order valence-electron chi connectivity index (χ2n) is 6.20. The Kier molecular flexibility index (Phi) is 7.68. The van der Waals surface area contributed by atoms with Crippen LogP contribution in [0.1, 0.15) is 10.6 Å². The van der Waals surface area contributed by atoms with Gasteiger partial charge in [-0.1, -0.05) is 15.7 Å². The number of thioether (sulfide) groups is 1. The molecule has 2 aliphatic rings. The van der Waals surface area contributed by atoms with E-state index in [4.69, 9.17) is 5.73 Å². The maximum Gasteiger partial charge on any atom is 1.00 e. The molecule has 16 heteroatoms. The second kappa shape index (κ2) is 10.1. The summed E-state index contributed by atoms with van der Waals surface area (Å²) in [5.74, 6) is -2.68. The number of allylic oxidation sites excluding steroid dienone is 1. The Hall–Kier alpha value is -2.30. The maximum absolute atomic E-state index is 12.7. The first-order valence-corrected chi connectivity index (χ1v) is 11.2. The van der Waals surface area contributed by atoms with Gasteiger partial charge in [-0.05, 0) is 23.2 Å². The topological polar surface area (TPSA) is 187 Å². The molecule has 4 N–H and O–H groups in total. The van der Waals surface area contributed by atoms with Crippen molar-refractivity contribution in [2.24, 2.45) is 5.16 Å². The summed E-state index contributed by atoms with van der Waals surface area (Å²) in [6, 6.07) is -1.00. The molecule has 2 aromatic heterocycles. The van der Waals surface area contributed by atoms with Gasteiger partial charge >= 0.3 is 29.6 Å². The molecule has 0 spiro atoms. The maximum atomic E-state index is 12.7. The number of nitrogens with one attached hydrogen (secondary N) is 1. The van der Waals surface area contributed by atoms with Crippen LogP contribution in [0.25, 0.3) is 6.08 Å². The number of amides is 2. The van der Waals surface area contributed by atoms with Gasteiger partial charge in [0.2, 0.25) is 0 Å². The zero-order valence-electron chi connectivity index (χ0n) is 16.3. The molecule has 1 fully saturated rings. The van der Waals surface area contributed by atoms with Crippen LogP contribution in [0.4, 0.5) is 5.13 Å². The number of fused-ring (bicyclic) bond motifs is 1. The fourth-order valence-corrected chi connectivity index (χ4v) is 5.29. The Balaban J connectivity index is 0.00000289. The average molecular weight is 502 g/mol. The van der Waals surface area contributed by atoms with Crippen LogP contribution in [0.3, 0.4) is 0 Å². The molecule has 32 heavy (non-hydrogen) atoms. The molecule has 4 rings (SSSR count). The molecule has 1 saturated heterocycles. The number of thiazole rings is 1. The Morgan fingerprint density at radius 2 is 2.19 bits per heavy atom. The van der Waals surface area contributed by atoms with Gasteiger partial charge in [-0.25, -0.2) is 4.98 Å². The van der Waals surface area contributed by atoms with Crippen molar-refractivity contribution in [1.29, 1.82) is 0 Å². The van der Waals surface area contributed by atoms with Gasteiger partial charge in [0.15, 0.2) is 10.8 Å². The zero-order valence-corrected chi connectivity index (χ0v) is 20.7. The Morgan fingerprint density at radius 3 is 2.78 bits per heavy atom. The first-order valence-electron chi connectivity index (χ1n) is 8.49. The number of anilines is 1. The number of rotatable bonds is 6. The molecule has 0 aromatic carbocycles. The fraction of sp³-hybridized carbons (Fsp3) is 0.188. The number of carbonyl (C=O) groups is 3. The van der Waals surface area contributed by atoms with E-state index in [0.29, 0.717) is 5.57 Å². The quantitative estimate of drug-likeness (QED) is 0.115. The summed E-state index contributed by atoms with van der Waals surface area (Å²) in [6.07, 6.45) is 4.75. The summed E-state index contributed by atoms with van der Waals surface area (Å²) < 4.78 is 3.72. The van der Waals surface area contributed by atoms with Crippen molar-refractivity contribution in [2.75, 3.05) is 11.5 Å². The van der Waals surface area contributed by atoms with E-state index in [9.17, 15) is 24.7 Å². The average Bonchev–Trinajstić information content (AvgIpc) is 3.42. The number of β-lactam (4-membered cyclic amide) rings is 1. The van der Waals surface area contributed by atoms with Crippen LogP contribution in [0.15, 0.2) is 34.1 Å². The number of nitrogens with zero attached hydrogens (tertiary/aromatic N) is 5. The molecule has 160 valence electrons. The van der Waals surface area contributed by atoms with E-state index >= 15 is 0 Å². The van der Waals surface area contributed by atoms with E-state index in [1.54, 1.807) is 12.2 Å². The standard InChI is InChI=1S/C16H13N7O5S3.Na/c17-16-19-8(5-30-16)9(21-28)12(24)20-10-13(25)23-11(15(26)27)6(4-29-14(10)23)1-2-7-3-18-22-31-7;/h1-3,5,10,14,28H,4H2,(H2,17,19)(H,20,24)(H,26,27);/q;+1/p-1/b2-1-,21-9-;/t10?,14-;/m1./s1. The molecule has 0 bridgehead atoms. The van der Waals surface area contributed by atoms with Crippen molar-refractivity contribution >= 4 is 69.3 Å². The van der Waals surface area contributed by atoms with E-state index in [1.165, 1.54) is 23.3 Å². The van der Waals surface area contributed by atoms with Crippen LogP contribution in [-0.2, 0) is 14.4 Å². The van der Waals surface area contributed by atoms with E-state index < -0.39 is 34.9 Å². The minimum absolute atomic E-state index is 0. The van der Waals surface area contributed by atoms with Gasteiger partial charge in [0, 0.05) is 11.1 Å². The van der Waals surface area contributed by atoms with Crippen molar-refractivity contribution in [3.63, 3.8) is 0 Å². The first kappa shape index (κ1) is 24.3. The number of hydrogen-bond acceptors (Lipinski definition) is 13. The molecule has 4 heterocycles. The molecule has 1 unspecified atom stereocenters. The van der Waals surface area contributed by atoms with Crippen molar-refractivity contribution in [2.45, 2.75) is 11.4 Å². The molecule has 0 saturated carbocycles. The summed E-state index contributed by atoms with van der Waals surface area (Å²) in [5.41, 5.74) is 5.32. The Labute approximate surface area is 214 Å². The van der Waals surface area contributed by atoms with Crippen LogP contribution in [0.2, 0.25) is 0 Å². The van der Waals surface area contributed by atoms with Crippen LogP contribution in [-0.4, -0.2) is 65.3 Å². The van der Waals surface area contributed by atoms with Gasteiger partial charge in [-0.15, -0.1) is 28.2 Å².